The Morgan fingerprint density at radius 2 is 2.17 bits per heavy atom. The van der Waals surface area contributed by atoms with E-state index in [2.05, 4.69) is 26.9 Å². The molecule has 1 aliphatic heterocycles. The molecule has 3 N–H and O–H groups in total. The molecule has 0 aliphatic carbocycles. The van der Waals surface area contributed by atoms with Crippen LogP contribution in [0.1, 0.15) is 28.3 Å². The first-order valence-corrected chi connectivity index (χ1v) is 8.92. The van der Waals surface area contributed by atoms with Crippen LogP contribution in [0.15, 0.2) is 30.5 Å². The number of amides is 2. The maximum atomic E-state index is 12.1. The maximum Gasteiger partial charge on any atom is 0.269 e. The first-order chi connectivity index (χ1) is 13.8. The number of carbonyl (C=O) groups is 2. The summed E-state index contributed by atoms with van der Waals surface area (Å²) in [4.78, 5) is 33.8. The highest BCUT2D eigenvalue weighted by Crippen LogP contribution is 2.22. The van der Waals surface area contributed by atoms with Crippen molar-refractivity contribution in [3.8, 4) is 17.5 Å². The molecule has 29 heavy (non-hydrogen) atoms. The molecule has 3 aromatic rings. The highest BCUT2D eigenvalue weighted by Gasteiger charge is 2.42. The van der Waals surface area contributed by atoms with Crippen molar-refractivity contribution in [1.82, 2.24) is 24.6 Å². The minimum atomic E-state index is -1.67. The van der Waals surface area contributed by atoms with Crippen molar-refractivity contribution in [3.63, 3.8) is 0 Å². The third kappa shape index (κ3) is 3.19. The van der Waals surface area contributed by atoms with Crippen molar-refractivity contribution >= 4 is 22.8 Å². The molecule has 2 amide bonds. The van der Waals surface area contributed by atoms with Crippen LogP contribution in [0.2, 0.25) is 0 Å². The van der Waals surface area contributed by atoms with E-state index < -0.39 is 17.4 Å². The Morgan fingerprint density at radius 1 is 1.38 bits per heavy atom. The fourth-order valence-electron chi connectivity index (χ4n) is 3.21. The summed E-state index contributed by atoms with van der Waals surface area (Å²) in [5, 5.41) is 15.2. The fourth-order valence-corrected chi connectivity index (χ4v) is 3.21. The van der Waals surface area contributed by atoms with Crippen LogP contribution in [-0.4, -0.2) is 60.8 Å². The van der Waals surface area contributed by atoms with Gasteiger partial charge in [-0.15, -0.1) is 0 Å². The van der Waals surface area contributed by atoms with Gasteiger partial charge in [0.05, 0.1) is 11.1 Å². The lowest BCUT2D eigenvalue weighted by atomic mass is 10.0. The highest BCUT2D eigenvalue weighted by atomic mass is 16.3. The number of likely N-dealkylation sites (tertiary alicyclic amines) is 1. The van der Waals surface area contributed by atoms with Crippen molar-refractivity contribution < 1.29 is 14.7 Å². The third-order valence-corrected chi connectivity index (χ3v) is 4.79. The van der Waals surface area contributed by atoms with Crippen LogP contribution in [0.4, 0.5) is 0 Å². The van der Waals surface area contributed by atoms with Crippen LogP contribution in [0.25, 0.3) is 16.7 Å². The summed E-state index contributed by atoms with van der Waals surface area (Å²) < 4.78 is 1.50. The Hall–Kier alpha value is -3.77. The first-order valence-electron chi connectivity index (χ1n) is 8.92. The summed E-state index contributed by atoms with van der Waals surface area (Å²) in [6, 6.07) is 7.03. The molecule has 1 aromatic carbocycles. The molecule has 1 aliphatic rings. The SMILES string of the molecule is Cc1ncc2c(C(N)=O)nn(-c3cccc(C#C[C@]4(O)CCN(C)C4=O)c3)c2n1. The Labute approximate surface area is 166 Å². The number of benzene rings is 1. The lowest BCUT2D eigenvalue weighted by molar-refractivity contribution is -0.137. The van der Waals surface area contributed by atoms with E-state index in [9.17, 15) is 14.7 Å². The Kier molecular flexibility index (Phi) is 4.28. The smallest absolute Gasteiger partial charge is 0.269 e. The van der Waals surface area contributed by atoms with Gasteiger partial charge in [-0.2, -0.15) is 5.10 Å². The molecule has 4 rings (SSSR count). The normalized spacial score (nSPS) is 18.7. The van der Waals surface area contributed by atoms with Gasteiger partial charge in [-0.3, -0.25) is 9.59 Å². The van der Waals surface area contributed by atoms with Crippen molar-refractivity contribution in [3.05, 3.63) is 47.5 Å². The number of aryl methyl sites for hydroxylation is 1. The summed E-state index contributed by atoms with van der Waals surface area (Å²) in [7, 11) is 1.63. The fraction of sp³-hybridized carbons (Fsp3) is 0.250. The molecular weight excluding hydrogens is 372 g/mol. The second-order valence-corrected chi connectivity index (χ2v) is 6.92. The number of nitrogens with zero attached hydrogens (tertiary/aromatic N) is 5. The van der Waals surface area contributed by atoms with E-state index in [1.54, 1.807) is 38.2 Å². The number of primary amides is 1. The van der Waals surface area contributed by atoms with E-state index in [1.807, 2.05) is 0 Å². The van der Waals surface area contributed by atoms with Crippen molar-refractivity contribution in [2.75, 3.05) is 13.6 Å². The van der Waals surface area contributed by atoms with Gasteiger partial charge >= 0.3 is 0 Å². The average molecular weight is 390 g/mol. The molecule has 2 aromatic heterocycles. The minimum absolute atomic E-state index is 0.0744. The minimum Gasteiger partial charge on any atom is -0.369 e. The number of fused-ring (bicyclic) bond motifs is 1. The number of hydrogen-bond donors (Lipinski definition) is 2. The summed E-state index contributed by atoms with van der Waals surface area (Å²) in [5.41, 5.74) is 5.47. The number of aromatic nitrogens is 4. The molecule has 1 fully saturated rings. The Balaban J connectivity index is 1.78. The molecule has 146 valence electrons. The molecule has 9 heteroatoms. The third-order valence-electron chi connectivity index (χ3n) is 4.79. The van der Waals surface area contributed by atoms with Gasteiger partial charge in [0.25, 0.3) is 11.8 Å². The summed E-state index contributed by atoms with van der Waals surface area (Å²) in [5.74, 6) is 4.99. The Bertz CT molecular complexity index is 1220. The number of carbonyl (C=O) groups excluding carboxylic acids is 2. The second-order valence-electron chi connectivity index (χ2n) is 6.92. The molecule has 0 unspecified atom stereocenters. The summed E-state index contributed by atoms with van der Waals surface area (Å²) >= 11 is 0. The second kappa shape index (κ2) is 6.68. The first kappa shape index (κ1) is 18.6. The number of nitrogens with two attached hydrogens (primary N) is 1. The quantitative estimate of drug-likeness (QED) is 0.601. The molecule has 0 radical (unpaired) electrons. The topological polar surface area (TPSA) is 127 Å². The van der Waals surface area contributed by atoms with E-state index >= 15 is 0 Å². The largest absolute Gasteiger partial charge is 0.369 e. The van der Waals surface area contributed by atoms with Crippen molar-refractivity contribution in [2.24, 2.45) is 5.73 Å². The predicted octanol–water partition coefficient (Wildman–Crippen LogP) is 0.168. The van der Waals surface area contributed by atoms with E-state index in [-0.39, 0.29) is 12.1 Å². The van der Waals surface area contributed by atoms with Gasteiger partial charge in [-0.1, -0.05) is 17.9 Å². The van der Waals surface area contributed by atoms with Gasteiger partial charge in [-0.05, 0) is 25.1 Å². The lowest BCUT2D eigenvalue weighted by Gasteiger charge is -2.13. The van der Waals surface area contributed by atoms with Crippen LogP contribution >= 0.6 is 0 Å². The zero-order valence-electron chi connectivity index (χ0n) is 15.9. The van der Waals surface area contributed by atoms with E-state index in [0.29, 0.717) is 34.7 Å². The number of rotatable bonds is 2. The molecular formula is C20H18N6O3. The molecule has 0 saturated carbocycles. The highest BCUT2D eigenvalue weighted by molar-refractivity contribution is 6.03. The lowest BCUT2D eigenvalue weighted by Crippen LogP contribution is -2.37. The molecule has 0 spiro atoms. The number of aliphatic hydroxyl groups is 1. The van der Waals surface area contributed by atoms with Crippen LogP contribution < -0.4 is 5.73 Å². The van der Waals surface area contributed by atoms with Gasteiger partial charge in [0.1, 0.15) is 5.82 Å². The van der Waals surface area contributed by atoms with E-state index in [1.165, 1.54) is 15.8 Å². The summed E-state index contributed by atoms with van der Waals surface area (Å²) in [6.07, 6.45) is 1.78. The molecule has 1 saturated heterocycles. The van der Waals surface area contributed by atoms with Gasteiger partial charge in [0, 0.05) is 31.8 Å². The van der Waals surface area contributed by atoms with Crippen LogP contribution in [0.5, 0.6) is 0 Å². The van der Waals surface area contributed by atoms with Gasteiger partial charge in [0.2, 0.25) is 5.60 Å². The maximum absolute atomic E-state index is 12.1. The van der Waals surface area contributed by atoms with E-state index in [0.717, 1.165) is 0 Å². The van der Waals surface area contributed by atoms with Crippen molar-refractivity contribution in [1.29, 1.82) is 0 Å². The van der Waals surface area contributed by atoms with Gasteiger partial charge in [0.15, 0.2) is 11.3 Å². The van der Waals surface area contributed by atoms with Gasteiger partial charge in [-0.25, -0.2) is 14.6 Å². The Morgan fingerprint density at radius 3 is 2.86 bits per heavy atom. The van der Waals surface area contributed by atoms with Crippen LogP contribution in [0, 0.1) is 18.8 Å². The van der Waals surface area contributed by atoms with Crippen molar-refractivity contribution in [2.45, 2.75) is 18.9 Å². The molecule has 9 nitrogen and oxygen atoms in total. The van der Waals surface area contributed by atoms with Crippen LogP contribution in [0.3, 0.4) is 0 Å². The average Bonchev–Trinajstić information content (AvgIpc) is 3.20. The molecule has 0 bridgehead atoms. The number of likely N-dealkylation sites (N-methyl/N-ethyl adjacent to an activating group) is 1. The zero-order chi connectivity index (χ0) is 20.8. The van der Waals surface area contributed by atoms with Gasteiger partial charge < -0.3 is 15.7 Å². The number of hydrogen-bond acceptors (Lipinski definition) is 6. The zero-order valence-corrected chi connectivity index (χ0v) is 15.9. The molecule has 3 heterocycles. The standard InChI is InChI=1S/C20H18N6O3/c1-12-22-11-15-16(17(21)27)24-26(18(15)23-12)14-5-3-4-13(10-14)6-7-20(29)8-9-25(2)19(20)28/h3-5,10-11,29H,8-9H2,1-2H3,(H2,21,27)/t20-/m0/s1. The van der Waals surface area contributed by atoms with Crippen LogP contribution in [-0.2, 0) is 4.79 Å². The predicted molar refractivity (Wildman–Crippen MR) is 104 cm³/mol. The summed E-state index contributed by atoms with van der Waals surface area (Å²) in [6.45, 7) is 2.19. The van der Waals surface area contributed by atoms with E-state index in [4.69, 9.17) is 5.73 Å². The monoisotopic (exact) mass is 390 g/mol. The molecule has 1 atom stereocenters.